The maximum Gasteiger partial charge on any atom is 0.302 e. The summed E-state index contributed by atoms with van der Waals surface area (Å²) in [7, 11) is 1.86. The van der Waals surface area contributed by atoms with Gasteiger partial charge in [0.05, 0.1) is 72.5 Å². The van der Waals surface area contributed by atoms with Gasteiger partial charge in [-0.05, 0) is 30.3 Å². The Kier molecular flexibility index (Phi) is 23.1. The van der Waals surface area contributed by atoms with Gasteiger partial charge in [0.25, 0.3) is 0 Å². The fourth-order valence-electron chi connectivity index (χ4n) is 4.28. The highest BCUT2D eigenvalue weighted by Crippen LogP contribution is 2.10. The third kappa shape index (κ3) is 22.6. The molecule has 6 N–H and O–H groups in total. The molecular weight excluding hydrogens is 692 g/mol. The van der Waals surface area contributed by atoms with Crippen LogP contribution in [0.5, 0.6) is 0 Å². The van der Waals surface area contributed by atoms with Crippen molar-refractivity contribution in [1.82, 2.24) is 26.6 Å². The van der Waals surface area contributed by atoms with E-state index < -0.39 is 48.1 Å². The van der Waals surface area contributed by atoms with E-state index in [-0.39, 0.29) is 39.1 Å². The van der Waals surface area contributed by atoms with Crippen molar-refractivity contribution in [3.63, 3.8) is 0 Å². The third-order valence-electron chi connectivity index (χ3n) is 7.02. The molecule has 0 heterocycles. The standard InChI is InChI=1S/C36H52N6O11/c1-27(43)53-26-29-8-10-30(11-9-29)41-34(46)25-40-36(48)31(22-28-6-4-3-5-7-28)42-35(47)24-39-33(45)23-38-32(44)12-14-49-16-18-51-20-21-52-19-17-50-15-13-37-2/h3-11,31,37H,12-26H2,1-2H3,(H,38,44)(H,39,45)(H,40,48)(H,41,46)(H,42,47)/t31-/m0/s1. The molecule has 17 heteroatoms. The van der Waals surface area contributed by atoms with Gasteiger partial charge in [-0.2, -0.15) is 0 Å². The molecule has 0 aliphatic carbocycles. The fraction of sp³-hybridized carbons (Fsp3) is 0.500. The number of rotatable bonds is 28. The largest absolute Gasteiger partial charge is 0.461 e. The van der Waals surface area contributed by atoms with Crippen LogP contribution in [0.25, 0.3) is 0 Å². The van der Waals surface area contributed by atoms with E-state index in [9.17, 15) is 28.8 Å². The van der Waals surface area contributed by atoms with E-state index >= 15 is 0 Å². The Morgan fingerprint density at radius 1 is 0.604 bits per heavy atom. The van der Waals surface area contributed by atoms with Gasteiger partial charge < -0.3 is 55.6 Å². The van der Waals surface area contributed by atoms with Crippen LogP contribution in [-0.2, 0) is 65.5 Å². The lowest BCUT2D eigenvalue weighted by Crippen LogP contribution is -2.52. The number of esters is 1. The van der Waals surface area contributed by atoms with Gasteiger partial charge in [0.15, 0.2) is 0 Å². The predicted molar refractivity (Wildman–Crippen MR) is 193 cm³/mol. The first-order valence-corrected chi connectivity index (χ1v) is 17.3. The summed E-state index contributed by atoms with van der Waals surface area (Å²) in [6.45, 7) is 4.30. The minimum absolute atomic E-state index is 0.0304. The number of ether oxygens (including phenoxy) is 5. The van der Waals surface area contributed by atoms with Crippen LogP contribution >= 0.6 is 0 Å². The van der Waals surface area contributed by atoms with Crippen LogP contribution in [-0.4, -0.2) is 128 Å². The van der Waals surface area contributed by atoms with Gasteiger partial charge in [-0.3, -0.25) is 28.8 Å². The van der Waals surface area contributed by atoms with Gasteiger partial charge in [-0.15, -0.1) is 0 Å². The van der Waals surface area contributed by atoms with Crippen molar-refractivity contribution in [2.24, 2.45) is 0 Å². The summed E-state index contributed by atoms with van der Waals surface area (Å²) < 4.78 is 26.4. The summed E-state index contributed by atoms with van der Waals surface area (Å²) in [5.41, 5.74) is 1.97. The molecule has 0 fully saturated rings. The second-order valence-electron chi connectivity index (χ2n) is 11.4. The Bertz CT molecular complexity index is 1400. The number of anilines is 1. The van der Waals surface area contributed by atoms with E-state index in [2.05, 4.69) is 31.9 Å². The van der Waals surface area contributed by atoms with Crippen LogP contribution in [0.1, 0.15) is 24.5 Å². The molecular formula is C36H52N6O11. The van der Waals surface area contributed by atoms with E-state index in [0.29, 0.717) is 51.9 Å². The number of hydrogen-bond donors (Lipinski definition) is 6. The Morgan fingerprint density at radius 2 is 1.17 bits per heavy atom. The number of benzene rings is 2. The molecule has 0 saturated carbocycles. The minimum Gasteiger partial charge on any atom is -0.461 e. The molecule has 0 bridgehead atoms. The van der Waals surface area contributed by atoms with Gasteiger partial charge in [0, 0.05) is 32.0 Å². The normalized spacial score (nSPS) is 11.2. The number of likely N-dealkylation sites (N-methyl/N-ethyl adjacent to an activating group) is 1. The van der Waals surface area contributed by atoms with Crippen molar-refractivity contribution in [3.8, 4) is 0 Å². The van der Waals surface area contributed by atoms with Crippen molar-refractivity contribution in [1.29, 1.82) is 0 Å². The molecule has 0 saturated heterocycles. The molecule has 5 amide bonds. The summed E-state index contributed by atoms with van der Waals surface area (Å²) >= 11 is 0. The minimum atomic E-state index is -1.05. The Hall–Kier alpha value is -4.94. The average Bonchev–Trinajstić information content (AvgIpc) is 3.15. The van der Waals surface area contributed by atoms with Gasteiger partial charge in [-0.1, -0.05) is 42.5 Å². The molecule has 0 aliphatic rings. The first-order valence-electron chi connectivity index (χ1n) is 17.3. The molecule has 17 nitrogen and oxygen atoms in total. The zero-order chi connectivity index (χ0) is 38.5. The molecule has 2 rings (SSSR count). The van der Waals surface area contributed by atoms with Crippen LogP contribution in [0.2, 0.25) is 0 Å². The molecule has 0 radical (unpaired) electrons. The van der Waals surface area contributed by atoms with E-state index in [4.69, 9.17) is 23.7 Å². The molecule has 0 aliphatic heterocycles. The zero-order valence-electron chi connectivity index (χ0n) is 30.4. The highest BCUT2D eigenvalue weighted by atomic mass is 16.6. The quantitative estimate of drug-likeness (QED) is 0.0477. The number of hydrogen-bond acceptors (Lipinski definition) is 12. The van der Waals surface area contributed by atoms with E-state index in [1.807, 2.05) is 13.1 Å². The summed E-state index contributed by atoms with van der Waals surface area (Å²) in [6.07, 6.45) is 0.159. The monoisotopic (exact) mass is 744 g/mol. The summed E-state index contributed by atoms with van der Waals surface area (Å²) in [6, 6.07) is 14.6. The summed E-state index contributed by atoms with van der Waals surface area (Å²) in [4.78, 5) is 73.6. The Labute approximate surface area is 309 Å². The molecule has 0 aromatic heterocycles. The van der Waals surface area contributed by atoms with E-state index in [1.54, 1.807) is 48.5 Å². The number of carbonyl (C=O) groups is 6. The van der Waals surface area contributed by atoms with Crippen molar-refractivity contribution < 1.29 is 52.5 Å². The number of carbonyl (C=O) groups excluding carboxylic acids is 6. The molecule has 2 aromatic rings. The second kappa shape index (κ2) is 27.7. The zero-order valence-corrected chi connectivity index (χ0v) is 30.4. The van der Waals surface area contributed by atoms with Crippen molar-refractivity contribution >= 4 is 41.2 Å². The topological polar surface area (TPSA) is 221 Å². The molecule has 2 aromatic carbocycles. The van der Waals surface area contributed by atoms with Gasteiger partial charge in [0.1, 0.15) is 12.6 Å². The van der Waals surface area contributed by atoms with Gasteiger partial charge >= 0.3 is 5.97 Å². The molecule has 292 valence electrons. The van der Waals surface area contributed by atoms with Crippen molar-refractivity contribution in [2.75, 3.05) is 91.4 Å². The second-order valence-corrected chi connectivity index (χ2v) is 11.4. The predicted octanol–water partition coefficient (Wildman–Crippen LogP) is -0.560. The highest BCUT2D eigenvalue weighted by molar-refractivity contribution is 5.96. The number of amides is 5. The van der Waals surface area contributed by atoms with E-state index in [1.165, 1.54) is 6.92 Å². The van der Waals surface area contributed by atoms with Crippen LogP contribution in [0, 0.1) is 0 Å². The SMILES string of the molecule is CNCCOCCOCCOCCOCCC(=O)NCC(=O)NCC(=O)N[C@@H](Cc1ccccc1)C(=O)NCC(=O)Nc1ccc(COC(C)=O)cc1. The molecule has 1 atom stereocenters. The lowest BCUT2D eigenvalue weighted by atomic mass is 10.1. The molecule has 53 heavy (non-hydrogen) atoms. The Balaban J connectivity index is 1.64. The maximum atomic E-state index is 13.1. The third-order valence-corrected chi connectivity index (χ3v) is 7.02. The van der Waals surface area contributed by atoms with Crippen LogP contribution in [0.3, 0.4) is 0 Å². The summed E-state index contributed by atoms with van der Waals surface area (Å²) in [5, 5.41) is 15.6. The van der Waals surface area contributed by atoms with Gasteiger partial charge in [-0.25, -0.2) is 0 Å². The van der Waals surface area contributed by atoms with Crippen LogP contribution in [0.4, 0.5) is 5.69 Å². The Morgan fingerprint density at radius 3 is 1.79 bits per heavy atom. The van der Waals surface area contributed by atoms with Gasteiger partial charge in [0.2, 0.25) is 29.5 Å². The smallest absolute Gasteiger partial charge is 0.302 e. The van der Waals surface area contributed by atoms with E-state index in [0.717, 1.165) is 17.7 Å². The fourth-order valence-corrected chi connectivity index (χ4v) is 4.28. The molecule has 0 spiro atoms. The summed E-state index contributed by atoms with van der Waals surface area (Å²) in [5.74, 6) is -3.16. The lowest BCUT2D eigenvalue weighted by molar-refractivity contribution is -0.142. The van der Waals surface area contributed by atoms with Crippen molar-refractivity contribution in [2.45, 2.75) is 32.4 Å². The van der Waals surface area contributed by atoms with Crippen molar-refractivity contribution in [3.05, 3.63) is 65.7 Å². The first kappa shape index (κ1) is 44.2. The van der Waals surface area contributed by atoms with Crippen LogP contribution < -0.4 is 31.9 Å². The first-order chi connectivity index (χ1) is 25.7. The lowest BCUT2D eigenvalue weighted by Gasteiger charge is -2.19. The maximum absolute atomic E-state index is 13.1. The highest BCUT2D eigenvalue weighted by Gasteiger charge is 2.22. The number of nitrogens with one attached hydrogen (secondary N) is 6. The van der Waals surface area contributed by atoms with Crippen LogP contribution in [0.15, 0.2) is 54.6 Å². The average molecular weight is 745 g/mol. The molecule has 0 unspecified atom stereocenters.